The summed E-state index contributed by atoms with van der Waals surface area (Å²) in [4.78, 5) is 17.5. The van der Waals surface area contributed by atoms with Crippen molar-refractivity contribution in [2.24, 2.45) is 10.7 Å². The minimum atomic E-state index is -1.02. The number of carbonyl (C=O) groups excluding carboxylic acids is 1. The highest BCUT2D eigenvalue weighted by atomic mass is 19.2. The number of aliphatic hydroxyl groups is 1. The number of halogens is 2. The summed E-state index contributed by atoms with van der Waals surface area (Å²) in [5.41, 5.74) is 5.51. The van der Waals surface area contributed by atoms with Gasteiger partial charge in [0.05, 0.1) is 36.6 Å². The number of rotatable bonds is 12. The first-order chi connectivity index (χ1) is 19.8. The molecule has 1 saturated carbocycles. The van der Waals surface area contributed by atoms with Crippen LogP contribution in [0.2, 0.25) is 0 Å². The molecule has 1 aliphatic carbocycles. The first-order valence-corrected chi connectivity index (χ1v) is 13.4. The number of fused-ring (bicyclic) bond motifs is 1. The molecule has 2 heterocycles. The molecule has 1 amide bonds. The van der Waals surface area contributed by atoms with Crippen LogP contribution >= 0.6 is 0 Å². The van der Waals surface area contributed by atoms with Crippen molar-refractivity contribution in [2.45, 2.75) is 37.8 Å². The van der Waals surface area contributed by atoms with Crippen molar-refractivity contribution >= 4 is 23.1 Å². The molecule has 0 saturated heterocycles. The average Bonchev–Trinajstić information content (AvgIpc) is 3.62. The molecule has 1 aliphatic heterocycles. The standard InChI is InChI=1S/C28H33F2N7O4/c1-40-23-11-19-21(12-24(23)41-10-9-33-28(16-38)7-2-3-8-28)32-17-37(22-6-4-5-20(29)26(22)30)27(19)35-18-13-34-36(14-18)15-25(31)39/h4-6,11-14,33,35,38H,2-3,7-10,15-17H2,1H3,(H2,31,39). The fourth-order valence-corrected chi connectivity index (χ4v) is 5.27. The molecule has 11 nitrogen and oxygen atoms in total. The molecule has 0 radical (unpaired) electrons. The monoisotopic (exact) mass is 569 g/mol. The summed E-state index contributed by atoms with van der Waals surface area (Å²) in [6, 6.07) is 7.38. The number of nitrogens with zero attached hydrogens (tertiary/aromatic N) is 4. The van der Waals surface area contributed by atoms with E-state index >= 15 is 0 Å². The number of amides is 1. The van der Waals surface area contributed by atoms with Crippen LogP contribution in [0.1, 0.15) is 25.7 Å². The van der Waals surface area contributed by atoms with E-state index in [4.69, 9.17) is 15.2 Å². The lowest BCUT2D eigenvalue weighted by Gasteiger charge is -2.29. The lowest BCUT2D eigenvalue weighted by atomic mass is 9.99. The summed E-state index contributed by atoms with van der Waals surface area (Å²) < 4.78 is 42.2. The van der Waals surface area contributed by atoms with E-state index in [-0.39, 0.29) is 31.0 Å². The van der Waals surface area contributed by atoms with Gasteiger partial charge in [-0.25, -0.2) is 8.78 Å². The third kappa shape index (κ3) is 6.10. The van der Waals surface area contributed by atoms with E-state index in [1.165, 1.54) is 35.0 Å². The van der Waals surface area contributed by atoms with Crippen LogP contribution in [0.25, 0.3) is 5.82 Å². The van der Waals surface area contributed by atoms with Crippen LogP contribution in [0.15, 0.2) is 47.7 Å². The Hall–Kier alpha value is -4.23. The number of anilines is 2. The Morgan fingerprint density at radius 3 is 2.76 bits per heavy atom. The van der Waals surface area contributed by atoms with E-state index in [0.29, 0.717) is 46.7 Å². The fourth-order valence-electron chi connectivity index (χ4n) is 5.27. The van der Waals surface area contributed by atoms with Crippen molar-refractivity contribution in [3.05, 3.63) is 64.9 Å². The van der Waals surface area contributed by atoms with Crippen LogP contribution in [0.4, 0.5) is 20.2 Å². The van der Waals surface area contributed by atoms with Gasteiger partial charge in [0.2, 0.25) is 5.91 Å². The Morgan fingerprint density at radius 2 is 2.02 bits per heavy atom. The molecule has 218 valence electrons. The molecule has 0 bridgehead atoms. The first-order valence-electron chi connectivity index (χ1n) is 13.4. The Bertz CT molecular complexity index is 1540. The van der Waals surface area contributed by atoms with Gasteiger partial charge in [0, 0.05) is 29.6 Å². The molecule has 1 fully saturated rings. The summed E-state index contributed by atoms with van der Waals surface area (Å²) in [5.74, 6) is -1.27. The van der Waals surface area contributed by atoms with Crippen molar-refractivity contribution in [3.8, 4) is 11.5 Å². The molecule has 0 atom stereocenters. The van der Waals surface area contributed by atoms with E-state index in [1.54, 1.807) is 18.3 Å². The lowest BCUT2D eigenvalue weighted by molar-refractivity contribution is -0.118. The van der Waals surface area contributed by atoms with Gasteiger partial charge in [-0.1, -0.05) is 18.9 Å². The molecule has 3 aromatic rings. The summed E-state index contributed by atoms with van der Waals surface area (Å²) in [5, 5.41) is 21.7. The highest BCUT2D eigenvalue weighted by molar-refractivity contribution is 5.78. The molecule has 5 rings (SSSR count). The van der Waals surface area contributed by atoms with Crippen molar-refractivity contribution < 1.29 is 28.2 Å². The Morgan fingerprint density at radius 1 is 1.22 bits per heavy atom. The second-order valence-corrected chi connectivity index (χ2v) is 10.1. The van der Waals surface area contributed by atoms with Crippen LogP contribution in [0.3, 0.4) is 0 Å². The molecule has 13 heteroatoms. The van der Waals surface area contributed by atoms with E-state index < -0.39 is 17.5 Å². The van der Waals surface area contributed by atoms with Gasteiger partial charge in [-0.3, -0.25) is 14.5 Å². The topological polar surface area (TPSA) is 139 Å². The van der Waals surface area contributed by atoms with Gasteiger partial charge in [-0.2, -0.15) is 5.10 Å². The number of aromatic nitrogens is 2. The third-order valence-electron chi connectivity index (χ3n) is 7.35. The Balaban J connectivity index is 1.48. The zero-order chi connectivity index (χ0) is 29.0. The summed E-state index contributed by atoms with van der Waals surface area (Å²) in [7, 11) is 1.51. The highest BCUT2D eigenvalue weighted by Crippen LogP contribution is 2.30. The second-order valence-electron chi connectivity index (χ2n) is 10.1. The number of nitrogens with two attached hydrogens (primary N) is 1. The van der Waals surface area contributed by atoms with Crippen LogP contribution in [0, 0.1) is 11.6 Å². The number of nitrogens with one attached hydrogen (secondary N) is 2. The minimum absolute atomic E-state index is 0.0125. The fraction of sp³-hybridized carbons (Fsp3) is 0.393. The minimum Gasteiger partial charge on any atom is -0.493 e. The summed E-state index contributed by atoms with van der Waals surface area (Å²) in [6.07, 6.45) is 7.11. The SMILES string of the molecule is COc1cc2c(cc1OCCNC1(CO)CCCC1)=NCN(c1cccc(F)c1F)C=2Nc1cnn(CC(N)=O)c1. The Labute approximate surface area is 235 Å². The van der Waals surface area contributed by atoms with Crippen molar-refractivity contribution in [2.75, 3.05) is 43.8 Å². The first kappa shape index (κ1) is 28.3. The number of primary amides is 1. The van der Waals surface area contributed by atoms with Gasteiger partial charge in [0.1, 0.15) is 25.6 Å². The molecular weight excluding hydrogens is 536 g/mol. The average molecular weight is 570 g/mol. The molecule has 5 N–H and O–H groups in total. The van der Waals surface area contributed by atoms with E-state index in [0.717, 1.165) is 31.7 Å². The van der Waals surface area contributed by atoms with E-state index in [2.05, 4.69) is 20.7 Å². The zero-order valence-electron chi connectivity index (χ0n) is 22.7. The smallest absolute Gasteiger partial charge is 0.239 e. The third-order valence-corrected chi connectivity index (χ3v) is 7.35. The number of hydrogen-bond acceptors (Lipinski definition) is 9. The zero-order valence-corrected chi connectivity index (χ0v) is 22.7. The number of carbonyl (C=O) groups is 1. The van der Waals surface area contributed by atoms with Crippen LogP contribution in [-0.4, -0.2) is 59.9 Å². The van der Waals surface area contributed by atoms with Gasteiger partial charge >= 0.3 is 0 Å². The molecule has 2 aromatic carbocycles. The largest absolute Gasteiger partial charge is 0.493 e. The van der Waals surface area contributed by atoms with Gasteiger partial charge in [-0.05, 0) is 31.0 Å². The van der Waals surface area contributed by atoms with Crippen molar-refractivity contribution in [3.63, 3.8) is 0 Å². The molecular formula is C28H33F2N7O4. The summed E-state index contributed by atoms with van der Waals surface area (Å²) in [6.45, 7) is 0.832. The van der Waals surface area contributed by atoms with Gasteiger partial charge < -0.3 is 35.8 Å². The molecule has 41 heavy (non-hydrogen) atoms. The van der Waals surface area contributed by atoms with E-state index in [1.807, 2.05) is 0 Å². The van der Waals surface area contributed by atoms with Crippen molar-refractivity contribution in [1.29, 1.82) is 0 Å². The number of hydrogen-bond donors (Lipinski definition) is 4. The summed E-state index contributed by atoms with van der Waals surface area (Å²) >= 11 is 0. The predicted molar refractivity (Wildman–Crippen MR) is 148 cm³/mol. The number of benzene rings is 2. The normalized spacial score (nSPS) is 15.8. The molecule has 0 unspecified atom stereocenters. The van der Waals surface area contributed by atoms with Gasteiger partial charge in [-0.15, -0.1) is 0 Å². The highest BCUT2D eigenvalue weighted by Gasteiger charge is 2.32. The van der Waals surface area contributed by atoms with Gasteiger partial charge in [0.25, 0.3) is 0 Å². The van der Waals surface area contributed by atoms with E-state index in [9.17, 15) is 18.7 Å². The lowest BCUT2D eigenvalue weighted by Crippen LogP contribution is -2.47. The van der Waals surface area contributed by atoms with Crippen LogP contribution in [0.5, 0.6) is 11.5 Å². The van der Waals surface area contributed by atoms with Crippen LogP contribution in [-0.2, 0) is 11.3 Å². The Kier molecular flexibility index (Phi) is 8.36. The number of methoxy groups -OCH3 is 1. The quantitative estimate of drug-likeness (QED) is 0.239. The molecule has 0 spiro atoms. The molecule has 2 aliphatic rings. The van der Waals surface area contributed by atoms with Gasteiger partial charge in [0.15, 0.2) is 23.1 Å². The van der Waals surface area contributed by atoms with Crippen molar-refractivity contribution in [1.82, 2.24) is 15.1 Å². The number of aliphatic hydroxyl groups excluding tert-OH is 1. The maximum absolute atomic E-state index is 14.9. The predicted octanol–water partition coefficient (Wildman–Crippen LogP) is 1.20. The van der Waals surface area contributed by atoms with Crippen LogP contribution < -0.4 is 41.3 Å². The second kappa shape index (κ2) is 12.1. The maximum atomic E-state index is 14.9. The maximum Gasteiger partial charge on any atom is 0.239 e. The number of ether oxygens (including phenoxy) is 2. The molecule has 1 aromatic heterocycles.